The molecule has 0 bridgehead atoms. The molecule has 0 aliphatic heterocycles. The molecule has 0 spiro atoms. The van der Waals surface area contributed by atoms with Crippen LogP contribution in [0.25, 0.3) is 22.4 Å². The Kier molecular flexibility index (Phi) is 3.44. The summed E-state index contributed by atoms with van der Waals surface area (Å²) in [6.45, 7) is 2.94. The van der Waals surface area contributed by atoms with E-state index in [-0.39, 0.29) is 5.97 Å². The first-order chi connectivity index (χ1) is 10.2. The second-order valence-electron chi connectivity index (χ2n) is 4.74. The number of carbonyl (C=O) groups is 1. The van der Waals surface area contributed by atoms with Crippen LogP contribution in [-0.2, 0) is 11.3 Å². The Morgan fingerprint density at radius 1 is 1.14 bits per heavy atom. The number of fused-ring (bicyclic) bond motifs is 1. The van der Waals surface area contributed by atoms with Crippen molar-refractivity contribution < 1.29 is 9.53 Å². The molecular formula is C17H16N2O2. The van der Waals surface area contributed by atoms with Crippen LogP contribution in [0.15, 0.2) is 48.5 Å². The molecule has 4 heteroatoms. The molecule has 21 heavy (non-hydrogen) atoms. The van der Waals surface area contributed by atoms with Crippen LogP contribution in [0.5, 0.6) is 0 Å². The van der Waals surface area contributed by atoms with Crippen LogP contribution < -0.4 is 0 Å². The van der Waals surface area contributed by atoms with E-state index >= 15 is 0 Å². The zero-order valence-corrected chi connectivity index (χ0v) is 12.0. The summed E-state index contributed by atoms with van der Waals surface area (Å²) in [5.41, 5.74) is 3.62. The van der Waals surface area contributed by atoms with E-state index in [4.69, 9.17) is 9.72 Å². The summed E-state index contributed by atoms with van der Waals surface area (Å²) in [5, 5.41) is 0. The smallest absolute Gasteiger partial charge is 0.337 e. The highest BCUT2D eigenvalue weighted by Crippen LogP contribution is 2.25. The molecule has 0 N–H and O–H groups in total. The van der Waals surface area contributed by atoms with Gasteiger partial charge in [-0.3, -0.25) is 0 Å². The van der Waals surface area contributed by atoms with Gasteiger partial charge in [0.15, 0.2) is 0 Å². The third kappa shape index (κ3) is 2.29. The summed E-state index contributed by atoms with van der Waals surface area (Å²) >= 11 is 0. The SMILES string of the molecule is CCn1c(-c2ccc(C(=O)OC)cc2)nc2ccccc21. The number of methoxy groups -OCH3 is 1. The number of imidazole rings is 1. The van der Waals surface area contributed by atoms with Crippen LogP contribution in [0.4, 0.5) is 0 Å². The molecule has 0 aliphatic carbocycles. The molecule has 2 aromatic carbocycles. The van der Waals surface area contributed by atoms with E-state index in [2.05, 4.69) is 17.6 Å². The van der Waals surface area contributed by atoms with Gasteiger partial charge in [0.2, 0.25) is 0 Å². The minimum absolute atomic E-state index is 0.328. The number of rotatable bonds is 3. The lowest BCUT2D eigenvalue weighted by Gasteiger charge is -2.06. The molecule has 3 rings (SSSR count). The minimum Gasteiger partial charge on any atom is -0.465 e. The van der Waals surface area contributed by atoms with Gasteiger partial charge in [0.05, 0.1) is 23.7 Å². The molecule has 0 aliphatic rings. The van der Waals surface area contributed by atoms with Gasteiger partial charge in [-0.1, -0.05) is 24.3 Å². The van der Waals surface area contributed by atoms with Crippen LogP contribution in [0, 0.1) is 0 Å². The topological polar surface area (TPSA) is 44.1 Å². The molecule has 3 aromatic rings. The Morgan fingerprint density at radius 3 is 2.52 bits per heavy atom. The van der Waals surface area contributed by atoms with Crippen LogP contribution >= 0.6 is 0 Å². The van der Waals surface area contributed by atoms with Crippen molar-refractivity contribution in [3.05, 3.63) is 54.1 Å². The van der Waals surface area contributed by atoms with Crippen LogP contribution in [0.1, 0.15) is 17.3 Å². The highest BCUT2D eigenvalue weighted by molar-refractivity contribution is 5.90. The number of hydrogen-bond acceptors (Lipinski definition) is 3. The lowest BCUT2D eigenvalue weighted by molar-refractivity contribution is 0.0601. The number of nitrogens with zero attached hydrogens (tertiary/aromatic N) is 2. The van der Waals surface area contributed by atoms with Crippen LogP contribution in [-0.4, -0.2) is 22.6 Å². The number of carbonyl (C=O) groups excluding carboxylic acids is 1. The van der Waals surface area contributed by atoms with Crippen molar-refractivity contribution in [2.24, 2.45) is 0 Å². The Bertz CT molecular complexity index is 788. The lowest BCUT2D eigenvalue weighted by Crippen LogP contribution is -2.01. The maximum atomic E-state index is 11.5. The summed E-state index contributed by atoms with van der Waals surface area (Å²) < 4.78 is 6.88. The largest absolute Gasteiger partial charge is 0.465 e. The van der Waals surface area contributed by atoms with E-state index in [1.165, 1.54) is 7.11 Å². The summed E-state index contributed by atoms with van der Waals surface area (Å²) in [4.78, 5) is 16.2. The number of para-hydroxylation sites is 2. The fourth-order valence-electron chi connectivity index (χ4n) is 2.49. The first kappa shape index (κ1) is 13.4. The van der Waals surface area contributed by atoms with E-state index in [1.807, 2.05) is 30.3 Å². The standard InChI is InChI=1S/C17H16N2O2/c1-3-19-15-7-5-4-6-14(15)18-16(19)12-8-10-13(11-9-12)17(20)21-2/h4-11H,3H2,1-2H3. The normalized spacial score (nSPS) is 10.8. The van der Waals surface area contributed by atoms with Gasteiger partial charge in [-0.15, -0.1) is 0 Å². The Morgan fingerprint density at radius 2 is 1.86 bits per heavy atom. The molecular weight excluding hydrogens is 264 g/mol. The second kappa shape index (κ2) is 5.40. The van der Waals surface area contributed by atoms with Crippen LogP contribution in [0.3, 0.4) is 0 Å². The van der Waals surface area contributed by atoms with Crippen molar-refractivity contribution in [2.75, 3.05) is 7.11 Å². The summed E-state index contributed by atoms with van der Waals surface area (Å²) in [5.74, 6) is 0.584. The first-order valence-electron chi connectivity index (χ1n) is 6.88. The predicted octanol–water partition coefficient (Wildman–Crippen LogP) is 3.51. The Hall–Kier alpha value is -2.62. The molecule has 0 atom stereocenters. The molecule has 106 valence electrons. The van der Waals surface area contributed by atoms with Gasteiger partial charge in [-0.05, 0) is 31.2 Å². The average molecular weight is 280 g/mol. The lowest BCUT2D eigenvalue weighted by atomic mass is 10.1. The summed E-state index contributed by atoms with van der Waals surface area (Å²) in [7, 11) is 1.38. The van der Waals surface area contributed by atoms with Crippen molar-refractivity contribution in [2.45, 2.75) is 13.5 Å². The molecule has 0 unspecified atom stereocenters. The fraction of sp³-hybridized carbons (Fsp3) is 0.176. The van der Waals surface area contributed by atoms with Crippen molar-refractivity contribution >= 4 is 17.0 Å². The van der Waals surface area contributed by atoms with Gasteiger partial charge in [0.25, 0.3) is 0 Å². The Balaban J connectivity index is 2.09. The maximum Gasteiger partial charge on any atom is 0.337 e. The number of ether oxygens (including phenoxy) is 1. The summed E-state index contributed by atoms with van der Waals surface area (Å²) in [6.07, 6.45) is 0. The van der Waals surface area contributed by atoms with E-state index in [0.717, 1.165) is 29.0 Å². The molecule has 4 nitrogen and oxygen atoms in total. The number of benzene rings is 2. The molecule has 1 heterocycles. The van der Waals surface area contributed by atoms with Gasteiger partial charge < -0.3 is 9.30 Å². The second-order valence-corrected chi connectivity index (χ2v) is 4.74. The number of esters is 1. The third-order valence-corrected chi connectivity index (χ3v) is 3.53. The van der Waals surface area contributed by atoms with E-state index in [1.54, 1.807) is 12.1 Å². The number of hydrogen-bond donors (Lipinski definition) is 0. The predicted molar refractivity (Wildman–Crippen MR) is 82.2 cm³/mol. The molecule has 0 radical (unpaired) electrons. The number of aromatic nitrogens is 2. The monoisotopic (exact) mass is 280 g/mol. The van der Waals surface area contributed by atoms with Gasteiger partial charge >= 0.3 is 5.97 Å². The van der Waals surface area contributed by atoms with Crippen molar-refractivity contribution in [3.63, 3.8) is 0 Å². The maximum absolute atomic E-state index is 11.5. The zero-order valence-electron chi connectivity index (χ0n) is 12.0. The van der Waals surface area contributed by atoms with Crippen molar-refractivity contribution in [3.8, 4) is 11.4 Å². The highest BCUT2D eigenvalue weighted by Gasteiger charge is 2.12. The van der Waals surface area contributed by atoms with Gasteiger partial charge in [0.1, 0.15) is 5.82 Å². The van der Waals surface area contributed by atoms with E-state index in [9.17, 15) is 4.79 Å². The fourth-order valence-corrected chi connectivity index (χ4v) is 2.49. The molecule has 0 saturated carbocycles. The molecule has 0 fully saturated rings. The van der Waals surface area contributed by atoms with Gasteiger partial charge in [-0.25, -0.2) is 9.78 Å². The first-order valence-corrected chi connectivity index (χ1v) is 6.88. The Labute approximate surface area is 123 Å². The number of aryl methyl sites for hydroxylation is 1. The van der Waals surface area contributed by atoms with Gasteiger partial charge in [-0.2, -0.15) is 0 Å². The van der Waals surface area contributed by atoms with E-state index < -0.39 is 0 Å². The van der Waals surface area contributed by atoms with Crippen molar-refractivity contribution in [1.82, 2.24) is 9.55 Å². The zero-order chi connectivity index (χ0) is 14.8. The van der Waals surface area contributed by atoms with Gasteiger partial charge in [0, 0.05) is 12.1 Å². The minimum atomic E-state index is -0.328. The summed E-state index contributed by atoms with van der Waals surface area (Å²) in [6, 6.07) is 15.4. The molecule has 0 saturated heterocycles. The van der Waals surface area contributed by atoms with Crippen LogP contribution in [0.2, 0.25) is 0 Å². The molecule has 1 aromatic heterocycles. The highest BCUT2D eigenvalue weighted by atomic mass is 16.5. The van der Waals surface area contributed by atoms with E-state index in [0.29, 0.717) is 5.56 Å². The molecule has 0 amide bonds. The third-order valence-electron chi connectivity index (χ3n) is 3.53. The quantitative estimate of drug-likeness (QED) is 0.690. The van der Waals surface area contributed by atoms with Crippen molar-refractivity contribution in [1.29, 1.82) is 0 Å². The average Bonchev–Trinajstić information content (AvgIpc) is 2.92.